The smallest absolute Gasteiger partial charge is 0.261 e. The molecule has 2 rings (SSSR count). The van der Waals surface area contributed by atoms with Crippen molar-refractivity contribution in [3.05, 3.63) is 54.6 Å². The zero-order chi connectivity index (χ0) is 15.1. The van der Waals surface area contributed by atoms with E-state index >= 15 is 0 Å². The molecule has 1 N–H and O–H groups in total. The Bertz CT molecular complexity index is 654. The Morgan fingerprint density at radius 3 is 2.24 bits per heavy atom. The first-order valence-corrected chi connectivity index (χ1v) is 7.90. The summed E-state index contributed by atoms with van der Waals surface area (Å²) in [6, 6.07) is 14.9. The van der Waals surface area contributed by atoms with Crippen LogP contribution in [0.4, 0.5) is 5.69 Å². The molecule has 0 fully saturated rings. The van der Waals surface area contributed by atoms with Crippen LogP contribution in [0.2, 0.25) is 0 Å². The third kappa shape index (κ3) is 4.47. The number of nitrogens with one attached hydrogen (secondary N) is 1. The van der Waals surface area contributed by atoms with E-state index in [2.05, 4.69) is 4.72 Å². The van der Waals surface area contributed by atoms with Gasteiger partial charge in [0.25, 0.3) is 10.0 Å². The molecule has 2 aromatic carbocycles. The molecule has 112 valence electrons. The van der Waals surface area contributed by atoms with Crippen molar-refractivity contribution >= 4 is 15.7 Å². The minimum atomic E-state index is -3.56. The van der Waals surface area contributed by atoms with E-state index in [1.54, 1.807) is 61.7 Å². The molecule has 5 nitrogen and oxygen atoms in total. The van der Waals surface area contributed by atoms with Gasteiger partial charge in [-0.1, -0.05) is 18.2 Å². The first-order chi connectivity index (χ1) is 10.1. The number of benzene rings is 2. The molecular formula is C15H17NO4S. The minimum Gasteiger partial charge on any atom is -0.491 e. The van der Waals surface area contributed by atoms with Gasteiger partial charge in [0.15, 0.2) is 0 Å². The maximum atomic E-state index is 12.1. The molecule has 0 unspecified atom stereocenters. The first-order valence-electron chi connectivity index (χ1n) is 6.41. The van der Waals surface area contributed by atoms with Crippen molar-refractivity contribution in [1.82, 2.24) is 0 Å². The summed E-state index contributed by atoms with van der Waals surface area (Å²) >= 11 is 0. The topological polar surface area (TPSA) is 64.6 Å². The highest BCUT2D eigenvalue weighted by Gasteiger charge is 2.13. The number of anilines is 1. The van der Waals surface area contributed by atoms with Gasteiger partial charge < -0.3 is 9.47 Å². The fraction of sp³-hybridized carbons (Fsp3) is 0.200. The van der Waals surface area contributed by atoms with Gasteiger partial charge in [-0.2, -0.15) is 0 Å². The van der Waals surface area contributed by atoms with E-state index in [1.807, 2.05) is 0 Å². The van der Waals surface area contributed by atoms with Crippen LogP contribution < -0.4 is 9.46 Å². The van der Waals surface area contributed by atoms with E-state index in [-0.39, 0.29) is 4.90 Å². The number of hydrogen-bond donors (Lipinski definition) is 1. The summed E-state index contributed by atoms with van der Waals surface area (Å²) < 4.78 is 37.1. The highest BCUT2D eigenvalue weighted by Crippen LogP contribution is 2.19. The van der Waals surface area contributed by atoms with Gasteiger partial charge >= 0.3 is 0 Å². The van der Waals surface area contributed by atoms with Gasteiger partial charge in [0.05, 0.1) is 11.5 Å². The number of methoxy groups -OCH3 is 1. The van der Waals surface area contributed by atoms with Gasteiger partial charge in [-0.25, -0.2) is 8.42 Å². The van der Waals surface area contributed by atoms with Crippen molar-refractivity contribution in [2.45, 2.75) is 4.90 Å². The SMILES string of the molecule is COCCOc1ccc(NS(=O)(=O)c2ccccc2)cc1. The van der Waals surface area contributed by atoms with Crippen LogP contribution in [0.1, 0.15) is 0 Å². The highest BCUT2D eigenvalue weighted by molar-refractivity contribution is 7.92. The van der Waals surface area contributed by atoms with Crippen molar-refractivity contribution in [3.63, 3.8) is 0 Å². The molecule has 21 heavy (non-hydrogen) atoms. The predicted molar refractivity (Wildman–Crippen MR) is 81.1 cm³/mol. The Hall–Kier alpha value is -2.05. The normalized spacial score (nSPS) is 11.1. The maximum absolute atomic E-state index is 12.1. The number of hydrogen-bond acceptors (Lipinski definition) is 4. The molecule has 0 amide bonds. The summed E-state index contributed by atoms with van der Waals surface area (Å²) in [5.74, 6) is 0.662. The molecule has 6 heteroatoms. The summed E-state index contributed by atoms with van der Waals surface area (Å²) in [5.41, 5.74) is 0.484. The summed E-state index contributed by atoms with van der Waals surface area (Å²) in [5, 5.41) is 0. The summed E-state index contributed by atoms with van der Waals surface area (Å²) in [6.45, 7) is 0.952. The average Bonchev–Trinajstić information content (AvgIpc) is 2.50. The predicted octanol–water partition coefficient (Wildman–Crippen LogP) is 2.51. The Labute approximate surface area is 124 Å². The standard InChI is InChI=1S/C15H17NO4S/c1-19-11-12-20-14-9-7-13(8-10-14)16-21(17,18)15-5-3-2-4-6-15/h2-10,16H,11-12H2,1H3. The zero-order valence-corrected chi connectivity index (χ0v) is 12.5. The molecule has 0 aliphatic rings. The molecular weight excluding hydrogens is 290 g/mol. The second kappa shape index (κ2) is 7.10. The van der Waals surface area contributed by atoms with Crippen molar-refractivity contribution in [3.8, 4) is 5.75 Å². The van der Waals surface area contributed by atoms with E-state index in [0.29, 0.717) is 24.7 Å². The lowest BCUT2D eigenvalue weighted by molar-refractivity contribution is 0.146. The van der Waals surface area contributed by atoms with Crippen molar-refractivity contribution in [2.24, 2.45) is 0 Å². The van der Waals surface area contributed by atoms with E-state index in [9.17, 15) is 8.42 Å². The van der Waals surface area contributed by atoms with E-state index in [4.69, 9.17) is 9.47 Å². The summed E-state index contributed by atoms with van der Waals surface area (Å²) in [7, 11) is -1.96. The fourth-order valence-electron chi connectivity index (χ4n) is 1.68. The minimum absolute atomic E-state index is 0.227. The third-order valence-electron chi connectivity index (χ3n) is 2.72. The van der Waals surface area contributed by atoms with Gasteiger partial charge in [-0.15, -0.1) is 0 Å². The maximum Gasteiger partial charge on any atom is 0.261 e. The quantitative estimate of drug-likeness (QED) is 0.798. The van der Waals surface area contributed by atoms with Crippen LogP contribution in [-0.4, -0.2) is 28.7 Å². The second-order valence-electron chi connectivity index (χ2n) is 4.28. The van der Waals surface area contributed by atoms with E-state index in [1.165, 1.54) is 0 Å². The van der Waals surface area contributed by atoms with E-state index in [0.717, 1.165) is 0 Å². The molecule has 0 aliphatic heterocycles. The Morgan fingerprint density at radius 1 is 0.952 bits per heavy atom. The van der Waals surface area contributed by atoms with Crippen LogP contribution in [0, 0.1) is 0 Å². The summed E-state index contributed by atoms with van der Waals surface area (Å²) in [4.78, 5) is 0.227. The van der Waals surface area contributed by atoms with Gasteiger partial charge in [0, 0.05) is 12.8 Å². The lowest BCUT2D eigenvalue weighted by Gasteiger charge is -2.09. The van der Waals surface area contributed by atoms with Crippen LogP contribution in [-0.2, 0) is 14.8 Å². The molecule has 0 saturated carbocycles. The fourth-order valence-corrected chi connectivity index (χ4v) is 2.76. The van der Waals surface area contributed by atoms with Crippen LogP contribution in [0.5, 0.6) is 5.75 Å². The third-order valence-corrected chi connectivity index (χ3v) is 4.11. The number of sulfonamides is 1. The van der Waals surface area contributed by atoms with Crippen LogP contribution in [0.25, 0.3) is 0 Å². The molecule has 0 spiro atoms. The first kappa shape index (κ1) is 15.3. The molecule has 0 bridgehead atoms. The van der Waals surface area contributed by atoms with Gasteiger partial charge in [0.2, 0.25) is 0 Å². The van der Waals surface area contributed by atoms with E-state index < -0.39 is 10.0 Å². The number of ether oxygens (including phenoxy) is 2. The molecule has 2 aromatic rings. The second-order valence-corrected chi connectivity index (χ2v) is 5.97. The lowest BCUT2D eigenvalue weighted by Crippen LogP contribution is -2.12. The Kier molecular flexibility index (Phi) is 5.19. The van der Waals surface area contributed by atoms with Crippen LogP contribution in [0.15, 0.2) is 59.5 Å². The zero-order valence-electron chi connectivity index (χ0n) is 11.7. The van der Waals surface area contributed by atoms with Crippen molar-refractivity contribution in [2.75, 3.05) is 25.0 Å². The molecule has 0 atom stereocenters. The Morgan fingerprint density at radius 2 is 1.62 bits per heavy atom. The van der Waals surface area contributed by atoms with Crippen LogP contribution >= 0.6 is 0 Å². The largest absolute Gasteiger partial charge is 0.491 e. The Balaban J connectivity index is 2.03. The van der Waals surface area contributed by atoms with Gasteiger partial charge in [-0.3, -0.25) is 4.72 Å². The van der Waals surface area contributed by atoms with Gasteiger partial charge in [-0.05, 0) is 36.4 Å². The molecule has 0 heterocycles. The molecule has 0 saturated heterocycles. The number of rotatable bonds is 7. The molecule has 0 radical (unpaired) electrons. The molecule has 0 aliphatic carbocycles. The molecule has 0 aromatic heterocycles. The average molecular weight is 307 g/mol. The monoisotopic (exact) mass is 307 g/mol. The highest BCUT2D eigenvalue weighted by atomic mass is 32.2. The summed E-state index contributed by atoms with van der Waals surface area (Å²) in [6.07, 6.45) is 0. The van der Waals surface area contributed by atoms with Crippen molar-refractivity contribution in [1.29, 1.82) is 0 Å². The van der Waals surface area contributed by atoms with Crippen molar-refractivity contribution < 1.29 is 17.9 Å². The lowest BCUT2D eigenvalue weighted by atomic mass is 10.3. The van der Waals surface area contributed by atoms with Crippen LogP contribution in [0.3, 0.4) is 0 Å². The van der Waals surface area contributed by atoms with Gasteiger partial charge in [0.1, 0.15) is 12.4 Å².